The van der Waals surface area contributed by atoms with Crippen molar-refractivity contribution in [1.29, 1.82) is 0 Å². The Balaban J connectivity index is 2.18. The summed E-state index contributed by atoms with van der Waals surface area (Å²) in [4.78, 5) is 14.1. The molecule has 144 valence electrons. The molecule has 1 amide bonds. The smallest absolute Gasteiger partial charge is 0.249 e. The zero-order valence-electron chi connectivity index (χ0n) is 15.7. The molecule has 1 saturated heterocycles. The quantitative estimate of drug-likeness (QED) is 0.703. The number of piperazine rings is 1. The van der Waals surface area contributed by atoms with Crippen molar-refractivity contribution < 1.29 is 22.7 Å². The Labute approximate surface area is 155 Å². The van der Waals surface area contributed by atoms with Crippen LogP contribution in [0.1, 0.15) is 20.3 Å². The van der Waals surface area contributed by atoms with E-state index in [9.17, 15) is 13.2 Å². The number of methoxy groups -OCH3 is 2. The third-order valence-electron chi connectivity index (χ3n) is 4.36. The first-order chi connectivity index (χ1) is 12.3. The third kappa shape index (κ3) is 4.19. The van der Waals surface area contributed by atoms with Crippen LogP contribution in [0.5, 0.6) is 11.5 Å². The monoisotopic (exact) mass is 382 g/mol. The molecule has 1 heterocycles. The lowest BCUT2D eigenvalue weighted by molar-refractivity contribution is -0.128. The van der Waals surface area contributed by atoms with E-state index >= 15 is 0 Å². The molecule has 7 nitrogen and oxygen atoms in total. The van der Waals surface area contributed by atoms with E-state index in [0.29, 0.717) is 24.4 Å². The Morgan fingerprint density at radius 1 is 1.15 bits per heavy atom. The molecule has 0 aliphatic carbocycles. The van der Waals surface area contributed by atoms with Gasteiger partial charge in [-0.15, -0.1) is 0 Å². The Bertz CT molecular complexity index is 781. The molecule has 1 aromatic carbocycles. The van der Waals surface area contributed by atoms with Gasteiger partial charge in [0.25, 0.3) is 0 Å². The predicted octanol–water partition coefficient (Wildman–Crippen LogP) is 1.89. The number of carbonyl (C=O) groups is 1. The fourth-order valence-electron chi connectivity index (χ4n) is 2.90. The molecule has 0 N–H and O–H groups in total. The number of carbonyl (C=O) groups excluding carboxylic acids is 1. The molecular formula is C18H26N2O5S. The van der Waals surface area contributed by atoms with Gasteiger partial charge in [-0.1, -0.05) is 13.0 Å². The van der Waals surface area contributed by atoms with Crippen LogP contribution >= 0.6 is 0 Å². The number of hydrogen-bond donors (Lipinski definition) is 0. The number of hydrogen-bond acceptors (Lipinski definition) is 5. The average molecular weight is 382 g/mol. The van der Waals surface area contributed by atoms with Gasteiger partial charge in [-0.05, 0) is 25.5 Å². The minimum absolute atomic E-state index is 0.0390. The van der Waals surface area contributed by atoms with Gasteiger partial charge in [0.2, 0.25) is 15.9 Å². The van der Waals surface area contributed by atoms with Crippen LogP contribution in [0.3, 0.4) is 0 Å². The lowest BCUT2D eigenvalue weighted by Crippen LogP contribution is -2.50. The molecule has 0 radical (unpaired) electrons. The van der Waals surface area contributed by atoms with Gasteiger partial charge in [0.05, 0.1) is 14.2 Å². The van der Waals surface area contributed by atoms with Crippen LogP contribution in [0.4, 0.5) is 0 Å². The van der Waals surface area contributed by atoms with Crippen LogP contribution < -0.4 is 9.47 Å². The van der Waals surface area contributed by atoms with Gasteiger partial charge in [0.15, 0.2) is 0 Å². The number of allylic oxidation sites excluding steroid dienone is 1. The van der Waals surface area contributed by atoms with Gasteiger partial charge in [0, 0.05) is 37.8 Å². The van der Waals surface area contributed by atoms with Crippen molar-refractivity contribution in [2.24, 2.45) is 0 Å². The summed E-state index contributed by atoms with van der Waals surface area (Å²) in [6, 6.07) is 4.68. The second-order valence-corrected chi connectivity index (χ2v) is 7.91. The Kier molecular flexibility index (Phi) is 6.66. The van der Waals surface area contributed by atoms with Gasteiger partial charge in [-0.25, -0.2) is 8.42 Å². The standard InChI is InChI=1S/C18H26N2O5S/c1-5-6-14(2)18(21)19-9-11-20(12-10-19)26(22,23)17-13-15(24-3)7-8-16(17)25-4/h6-8,13H,5,9-12H2,1-4H3/b14-6-. The van der Waals surface area contributed by atoms with Crippen molar-refractivity contribution in [3.05, 3.63) is 29.8 Å². The molecular weight excluding hydrogens is 356 g/mol. The van der Waals surface area contributed by atoms with E-state index < -0.39 is 10.0 Å². The molecule has 26 heavy (non-hydrogen) atoms. The highest BCUT2D eigenvalue weighted by Crippen LogP contribution is 2.31. The maximum atomic E-state index is 13.0. The van der Waals surface area contributed by atoms with Crippen molar-refractivity contribution in [3.63, 3.8) is 0 Å². The van der Waals surface area contributed by atoms with E-state index in [2.05, 4.69) is 0 Å². The first kappa shape index (κ1) is 20.3. The highest BCUT2D eigenvalue weighted by Gasteiger charge is 2.32. The first-order valence-corrected chi connectivity index (χ1v) is 9.97. The van der Waals surface area contributed by atoms with Gasteiger partial charge in [0.1, 0.15) is 16.4 Å². The molecule has 1 aromatic rings. The lowest BCUT2D eigenvalue weighted by Gasteiger charge is -2.34. The van der Waals surface area contributed by atoms with E-state index in [1.54, 1.807) is 24.0 Å². The molecule has 0 atom stereocenters. The van der Waals surface area contributed by atoms with E-state index in [1.807, 2.05) is 13.0 Å². The van der Waals surface area contributed by atoms with Gasteiger partial charge >= 0.3 is 0 Å². The molecule has 0 bridgehead atoms. The lowest BCUT2D eigenvalue weighted by atomic mass is 10.2. The predicted molar refractivity (Wildman–Crippen MR) is 98.9 cm³/mol. The Morgan fingerprint density at radius 2 is 1.81 bits per heavy atom. The summed E-state index contributed by atoms with van der Waals surface area (Å²) >= 11 is 0. The zero-order chi connectivity index (χ0) is 19.3. The third-order valence-corrected chi connectivity index (χ3v) is 6.28. The number of rotatable bonds is 6. The fourth-order valence-corrected chi connectivity index (χ4v) is 4.49. The van der Waals surface area contributed by atoms with Gasteiger partial charge in [-0.3, -0.25) is 4.79 Å². The number of ether oxygens (including phenoxy) is 2. The summed E-state index contributed by atoms with van der Waals surface area (Å²) in [5.74, 6) is 0.674. The minimum Gasteiger partial charge on any atom is -0.497 e. The van der Waals surface area contributed by atoms with Crippen molar-refractivity contribution in [3.8, 4) is 11.5 Å². The summed E-state index contributed by atoms with van der Waals surface area (Å²) < 4.78 is 37.8. The van der Waals surface area contributed by atoms with Crippen LogP contribution in [0.25, 0.3) is 0 Å². The fraction of sp³-hybridized carbons (Fsp3) is 0.500. The van der Waals surface area contributed by atoms with Gasteiger partial charge in [-0.2, -0.15) is 4.31 Å². The average Bonchev–Trinajstić information content (AvgIpc) is 2.67. The summed E-state index contributed by atoms with van der Waals surface area (Å²) in [6.07, 6.45) is 2.67. The van der Waals surface area contributed by atoms with Crippen LogP contribution in [-0.4, -0.2) is 63.9 Å². The van der Waals surface area contributed by atoms with Crippen LogP contribution in [0.15, 0.2) is 34.7 Å². The maximum Gasteiger partial charge on any atom is 0.249 e. The SMILES string of the molecule is CC/C=C(/C)C(=O)N1CCN(S(=O)(=O)c2cc(OC)ccc2OC)CC1. The minimum atomic E-state index is -3.74. The topological polar surface area (TPSA) is 76.2 Å². The number of amides is 1. The molecule has 0 saturated carbocycles. The van der Waals surface area contributed by atoms with Crippen molar-refractivity contribution in [1.82, 2.24) is 9.21 Å². The maximum absolute atomic E-state index is 13.0. The van der Waals surface area contributed by atoms with Crippen molar-refractivity contribution in [2.75, 3.05) is 40.4 Å². The second kappa shape index (κ2) is 8.55. The first-order valence-electron chi connectivity index (χ1n) is 8.53. The van der Waals surface area contributed by atoms with Crippen LogP contribution in [0, 0.1) is 0 Å². The van der Waals surface area contributed by atoms with Crippen molar-refractivity contribution >= 4 is 15.9 Å². The van der Waals surface area contributed by atoms with E-state index in [0.717, 1.165) is 6.42 Å². The van der Waals surface area contributed by atoms with Crippen molar-refractivity contribution in [2.45, 2.75) is 25.2 Å². The zero-order valence-corrected chi connectivity index (χ0v) is 16.5. The molecule has 1 aliphatic heterocycles. The summed E-state index contributed by atoms with van der Waals surface area (Å²) in [7, 11) is -0.830. The van der Waals surface area contributed by atoms with E-state index in [4.69, 9.17) is 9.47 Å². The molecule has 0 unspecified atom stereocenters. The second-order valence-electron chi connectivity index (χ2n) is 6.01. The number of sulfonamides is 1. The van der Waals surface area contributed by atoms with Crippen LogP contribution in [-0.2, 0) is 14.8 Å². The van der Waals surface area contributed by atoms with E-state index in [1.165, 1.54) is 24.6 Å². The molecule has 8 heteroatoms. The highest BCUT2D eigenvalue weighted by atomic mass is 32.2. The van der Waals surface area contributed by atoms with E-state index in [-0.39, 0.29) is 29.6 Å². The number of benzene rings is 1. The highest BCUT2D eigenvalue weighted by molar-refractivity contribution is 7.89. The largest absolute Gasteiger partial charge is 0.497 e. The summed E-state index contributed by atoms with van der Waals surface area (Å²) in [6.45, 7) is 4.97. The number of nitrogens with zero attached hydrogens (tertiary/aromatic N) is 2. The molecule has 2 rings (SSSR count). The summed E-state index contributed by atoms with van der Waals surface area (Å²) in [5.41, 5.74) is 0.693. The normalized spacial score (nSPS) is 16.5. The molecule has 0 aromatic heterocycles. The van der Waals surface area contributed by atoms with Crippen LogP contribution in [0.2, 0.25) is 0 Å². The van der Waals surface area contributed by atoms with Gasteiger partial charge < -0.3 is 14.4 Å². The Morgan fingerprint density at radius 3 is 2.35 bits per heavy atom. The molecule has 1 fully saturated rings. The summed E-state index contributed by atoms with van der Waals surface area (Å²) in [5, 5.41) is 0. The molecule has 1 aliphatic rings. The Hall–Kier alpha value is -2.06. The molecule has 0 spiro atoms.